The van der Waals surface area contributed by atoms with Gasteiger partial charge in [-0.3, -0.25) is 0 Å². The molecule has 190 valence electrons. The summed E-state index contributed by atoms with van der Waals surface area (Å²) in [6.07, 6.45) is 0. The maximum absolute atomic E-state index is 13.2. The minimum Gasteiger partial charge on any atom is -0.422 e. The molecule has 3 aromatic carbocycles. The van der Waals surface area contributed by atoms with Crippen LogP contribution in [0.5, 0.6) is 0 Å². The number of aromatic nitrogens is 1. The van der Waals surface area contributed by atoms with Crippen molar-refractivity contribution in [3.8, 4) is 22.5 Å². The van der Waals surface area contributed by atoms with Crippen LogP contribution in [0.3, 0.4) is 0 Å². The van der Waals surface area contributed by atoms with Gasteiger partial charge in [-0.1, -0.05) is 30.3 Å². The molecule has 0 unspecified atom stereocenters. The summed E-state index contributed by atoms with van der Waals surface area (Å²) < 4.78 is 13.5. The van der Waals surface area contributed by atoms with Gasteiger partial charge in [-0.2, -0.15) is 0 Å². The van der Waals surface area contributed by atoms with Crippen molar-refractivity contribution in [2.24, 2.45) is 7.05 Å². The van der Waals surface area contributed by atoms with E-state index in [1.54, 1.807) is 0 Å². The third-order valence-electron chi connectivity index (χ3n) is 7.50. The lowest BCUT2D eigenvalue weighted by atomic mass is 10.0. The summed E-state index contributed by atoms with van der Waals surface area (Å²) in [6, 6.07) is 23.3. The first kappa shape index (κ1) is 23.8. The second kappa shape index (κ2) is 9.06. The van der Waals surface area contributed by atoms with Crippen LogP contribution in [-0.4, -0.2) is 17.7 Å². The van der Waals surface area contributed by atoms with Crippen LogP contribution >= 0.6 is 0 Å². The number of benzene rings is 3. The molecule has 0 saturated heterocycles. The molecular weight excluding hydrogens is 476 g/mol. The van der Waals surface area contributed by atoms with Gasteiger partial charge >= 0.3 is 11.3 Å². The molecule has 0 N–H and O–H groups in total. The molecule has 0 spiro atoms. The molecule has 0 radical (unpaired) electrons. The topological polar surface area (TPSA) is 68.6 Å². The van der Waals surface area contributed by atoms with E-state index in [1.165, 1.54) is 0 Å². The van der Waals surface area contributed by atoms with Gasteiger partial charge in [0.25, 0.3) is 0 Å². The Morgan fingerprint density at radius 1 is 0.737 bits per heavy atom. The maximum atomic E-state index is 13.2. The van der Waals surface area contributed by atoms with Crippen molar-refractivity contribution >= 4 is 38.4 Å². The fourth-order valence-corrected chi connectivity index (χ4v) is 5.39. The number of anilines is 1. The van der Waals surface area contributed by atoms with Crippen molar-refractivity contribution in [2.45, 2.75) is 20.8 Å². The molecule has 0 aliphatic carbocycles. The van der Waals surface area contributed by atoms with E-state index in [9.17, 15) is 9.59 Å². The molecular formula is C32H28N2O4. The highest BCUT2D eigenvalue weighted by molar-refractivity contribution is 6.05. The van der Waals surface area contributed by atoms with Gasteiger partial charge in [0.2, 0.25) is 0 Å². The van der Waals surface area contributed by atoms with Crippen LogP contribution in [0.1, 0.15) is 19.4 Å². The zero-order chi connectivity index (χ0) is 26.6. The Bertz CT molecular complexity index is 1970. The molecule has 0 aliphatic rings. The largest absolute Gasteiger partial charge is 0.422 e. The normalized spacial score (nSPS) is 11.6. The number of hydrogen-bond donors (Lipinski definition) is 0. The Balaban J connectivity index is 1.46. The van der Waals surface area contributed by atoms with Crippen molar-refractivity contribution in [3.63, 3.8) is 0 Å². The van der Waals surface area contributed by atoms with Gasteiger partial charge in [-0.25, -0.2) is 9.59 Å². The number of hydrogen-bond acceptors (Lipinski definition) is 5. The van der Waals surface area contributed by atoms with E-state index in [2.05, 4.69) is 24.8 Å². The number of nitrogens with zero attached hydrogens (tertiary/aromatic N) is 2. The molecule has 0 saturated carbocycles. The van der Waals surface area contributed by atoms with Crippen molar-refractivity contribution < 1.29 is 8.83 Å². The zero-order valence-electron chi connectivity index (χ0n) is 21.9. The van der Waals surface area contributed by atoms with Gasteiger partial charge in [0, 0.05) is 48.0 Å². The first-order valence-electron chi connectivity index (χ1n) is 12.8. The average Bonchev–Trinajstić information content (AvgIpc) is 3.29. The monoisotopic (exact) mass is 504 g/mol. The highest BCUT2D eigenvalue weighted by Gasteiger charge is 2.18. The minimum atomic E-state index is -0.422. The van der Waals surface area contributed by atoms with Crippen LogP contribution in [-0.2, 0) is 7.05 Å². The lowest BCUT2D eigenvalue weighted by Gasteiger charge is -2.21. The van der Waals surface area contributed by atoms with E-state index in [-0.39, 0.29) is 0 Å². The van der Waals surface area contributed by atoms with Crippen molar-refractivity contribution in [3.05, 3.63) is 99.2 Å². The third-order valence-corrected chi connectivity index (χ3v) is 7.50. The van der Waals surface area contributed by atoms with E-state index in [0.717, 1.165) is 45.9 Å². The van der Waals surface area contributed by atoms with Crippen LogP contribution in [0, 0.1) is 6.92 Å². The van der Waals surface area contributed by atoms with E-state index in [1.807, 2.05) is 85.3 Å². The second-order valence-corrected chi connectivity index (χ2v) is 9.61. The van der Waals surface area contributed by atoms with Crippen molar-refractivity contribution in [1.82, 2.24) is 4.57 Å². The van der Waals surface area contributed by atoms with Crippen LogP contribution in [0.2, 0.25) is 0 Å². The molecule has 6 rings (SSSR count). The quantitative estimate of drug-likeness (QED) is 0.189. The molecule has 38 heavy (non-hydrogen) atoms. The molecule has 3 aromatic heterocycles. The first-order chi connectivity index (χ1) is 18.4. The number of aryl methyl sites for hydroxylation is 1. The lowest BCUT2D eigenvalue weighted by Crippen LogP contribution is -2.21. The van der Waals surface area contributed by atoms with Crippen molar-refractivity contribution in [2.75, 3.05) is 18.0 Å². The SMILES string of the molecule is CCN(CC)c1ccc2cc(-c3ccc(-c4cc5ccc6c(C)cccc6c5oc4=O)n3C)c(=O)oc2c1. The van der Waals surface area contributed by atoms with E-state index in [4.69, 9.17) is 8.83 Å². The molecule has 0 atom stereocenters. The molecule has 0 fully saturated rings. The minimum absolute atomic E-state index is 0.422. The molecule has 6 nitrogen and oxygen atoms in total. The van der Waals surface area contributed by atoms with Crippen LogP contribution in [0.4, 0.5) is 5.69 Å². The summed E-state index contributed by atoms with van der Waals surface area (Å²) in [4.78, 5) is 28.5. The van der Waals surface area contributed by atoms with Crippen LogP contribution in [0.15, 0.2) is 91.2 Å². The zero-order valence-corrected chi connectivity index (χ0v) is 21.9. The van der Waals surface area contributed by atoms with Gasteiger partial charge in [-0.05, 0) is 68.1 Å². The van der Waals surface area contributed by atoms with E-state index >= 15 is 0 Å². The molecule has 0 bridgehead atoms. The summed E-state index contributed by atoms with van der Waals surface area (Å²) in [5.74, 6) is 0. The Kier molecular flexibility index (Phi) is 5.68. The predicted octanol–water partition coefficient (Wildman–Crippen LogP) is 6.88. The summed E-state index contributed by atoms with van der Waals surface area (Å²) in [7, 11) is 1.84. The smallest absolute Gasteiger partial charge is 0.345 e. The highest BCUT2D eigenvalue weighted by Crippen LogP contribution is 2.32. The Morgan fingerprint density at radius 2 is 1.39 bits per heavy atom. The summed E-state index contributed by atoms with van der Waals surface area (Å²) in [5, 5.41) is 3.65. The van der Waals surface area contributed by atoms with Gasteiger partial charge in [-0.15, -0.1) is 0 Å². The Labute approximate surface area is 219 Å². The lowest BCUT2D eigenvalue weighted by molar-refractivity contribution is 0.562. The third kappa shape index (κ3) is 3.72. The number of fused-ring (bicyclic) bond motifs is 4. The molecule has 0 amide bonds. The fourth-order valence-electron chi connectivity index (χ4n) is 5.39. The van der Waals surface area contributed by atoms with E-state index in [0.29, 0.717) is 33.7 Å². The summed E-state index contributed by atoms with van der Waals surface area (Å²) >= 11 is 0. The van der Waals surface area contributed by atoms with E-state index < -0.39 is 11.3 Å². The average molecular weight is 505 g/mol. The molecule has 3 heterocycles. The summed E-state index contributed by atoms with van der Waals surface area (Å²) in [6.45, 7) is 7.97. The maximum Gasteiger partial charge on any atom is 0.345 e. The van der Waals surface area contributed by atoms with Crippen LogP contribution < -0.4 is 16.2 Å². The molecule has 0 aliphatic heterocycles. The van der Waals surface area contributed by atoms with Gasteiger partial charge in [0.1, 0.15) is 11.2 Å². The van der Waals surface area contributed by atoms with Gasteiger partial charge in [0.15, 0.2) is 0 Å². The molecule has 6 heteroatoms. The van der Waals surface area contributed by atoms with Crippen LogP contribution in [0.25, 0.3) is 55.2 Å². The second-order valence-electron chi connectivity index (χ2n) is 9.61. The van der Waals surface area contributed by atoms with Crippen molar-refractivity contribution in [1.29, 1.82) is 0 Å². The van der Waals surface area contributed by atoms with Gasteiger partial charge < -0.3 is 18.3 Å². The standard InChI is InChI=1S/C32H28N2O4/c1-5-34(6-2)22-12-10-20-16-25(31(35)37-29(20)18-22)27-14-15-28(33(27)4)26-17-21-11-13-23-19(3)8-7-9-24(23)30(21)38-32(26)36/h7-18H,5-6H2,1-4H3. The molecule has 6 aromatic rings. The fraction of sp³-hybridized carbons (Fsp3) is 0.188. The highest BCUT2D eigenvalue weighted by atomic mass is 16.4. The first-order valence-corrected chi connectivity index (χ1v) is 12.8. The number of rotatable bonds is 5. The summed E-state index contributed by atoms with van der Waals surface area (Å²) in [5.41, 5.74) is 4.63. The predicted molar refractivity (Wildman–Crippen MR) is 154 cm³/mol. The Hall–Kier alpha value is -4.58. The Morgan fingerprint density at radius 3 is 2.11 bits per heavy atom. The van der Waals surface area contributed by atoms with Gasteiger partial charge in [0.05, 0.1) is 22.5 Å².